The van der Waals surface area contributed by atoms with Gasteiger partial charge >= 0.3 is 0 Å². The van der Waals surface area contributed by atoms with Crippen molar-refractivity contribution in [2.45, 2.75) is 45.6 Å². The van der Waals surface area contributed by atoms with Crippen LogP contribution in [-0.4, -0.2) is 6.54 Å². The summed E-state index contributed by atoms with van der Waals surface area (Å²) in [5.41, 5.74) is 1.36. The van der Waals surface area contributed by atoms with Gasteiger partial charge in [0.05, 0.1) is 0 Å². The van der Waals surface area contributed by atoms with Crippen LogP contribution in [0.15, 0.2) is 28.7 Å². The van der Waals surface area contributed by atoms with E-state index in [-0.39, 0.29) is 0 Å². The summed E-state index contributed by atoms with van der Waals surface area (Å²) >= 11 is 3.51. The standard InChI is InChI=1S/C16H24BrN/c1-13-4-2-5-14(10-13)8-9-18-12-15-6-3-7-16(17)11-15/h3,6-7,11,13-14,18H,2,4-5,8-10,12H2,1H3. The third-order valence-corrected chi connectivity index (χ3v) is 4.49. The summed E-state index contributed by atoms with van der Waals surface area (Å²) in [7, 11) is 0. The molecule has 1 nitrogen and oxygen atoms in total. The van der Waals surface area contributed by atoms with Crippen molar-refractivity contribution in [3.8, 4) is 0 Å². The zero-order valence-corrected chi connectivity index (χ0v) is 12.9. The zero-order valence-electron chi connectivity index (χ0n) is 11.3. The third kappa shape index (κ3) is 4.74. The molecular formula is C16H24BrN. The summed E-state index contributed by atoms with van der Waals surface area (Å²) < 4.78 is 1.17. The monoisotopic (exact) mass is 309 g/mol. The van der Waals surface area contributed by atoms with E-state index in [0.717, 1.165) is 24.9 Å². The van der Waals surface area contributed by atoms with Gasteiger partial charge in [0.2, 0.25) is 0 Å². The summed E-state index contributed by atoms with van der Waals surface area (Å²) in [6.45, 7) is 4.55. The van der Waals surface area contributed by atoms with Crippen LogP contribution < -0.4 is 5.32 Å². The first kappa shape index (κ1) is 14.1. The second kappa shape index (κ2) is 7.30. The molecule has 1 aliphatic carbocycles. The Labute approximate surface area is 119 Å². The third-order valence-electron chi connectivity index (χ3n) is 3.99. The van der Waals surface area contributed by atoms with E-state index in [1.54, 1.807) is 0 Å². The predicted molar refractivity (Wildman–Crippen MR) is 81.6 cm³/mol. The molecule has 1 fully saturated rings. The van der Waals surface area contributed by atoms with Crippen molar-refractivity contribution in [1.82, 2.24) is 5.32 Å². The maximum absolute atomic E-state index is 3.57. The van der Waals surface area contributed by atoms with E-state index in [2.05, 4.69) is 52.4 Å². The Morgan fingerprint density at radius 1 is 1.33 bits per heavy atom. The highest BCUT2D eigenvalue weighted by Crippen LogP contribution is 2.30. The summed E-state index contributed by atoms with van der Waals surface area (Å²) in [6.07, 6.45) is 7.12. The average Bonchev–Trinajstić information content (AvgIpc) is 2.35. The fourth-order valence-electron chi connectivity index (χ4n) is 3.01. The summed E-state index contributed by atoms with van der Waals surface area (Å²) in [6, 6.07) is 8.55. The first-order valence-corrected chi connectivity index (χ1v) is 7.98. The van der Waals surface area contributed by atoms with Crippen LogP contribution in [0.25, 0.3) is 0 Å². The van der Waals surface area contributed by atoms with Crippen molar-refractivity contribution in [1.29, 1.82) is 0 Å². The largest absolute Gasteiger partial charge is 0.313 e. The van der Waals surface area contributed by atoms with Crippen LogP contribution in [0.3, 0.4) is 0 Å². The molecule has 2 atom stereocenters. The molecule has 1 aromatic carbocycles. The van der Waals surface area contributed by atoms with Crippen LogP contribution in [0.5, 0.6) is 0 Å². The highest BCUT2D eigenvalue weighted by atomic mass is 79.9. The minimum absolute atomic E-state index is 0.953. The molecular weight excluding hydrogens is 286 g/mol. The molecule has 0 radical (unpaired) electrons. The number of hydrogen-bond donors (Lipinski definition) is 1. The van der Waals surface area contributed by atoms with Gasteiger partial charge in [0.15, 0.2) is 0 Å². The molecule has 0 bridgehead atoms. The lowest BCUT2D eigenvalue weighted by atomic mass is 9.81. The highest BCUT2D eigenvalue weighted by Gasteiger charge is 2.17. The molecule has 1 aliphatic rings. The molecule has 0 spiro atoms. The van der Waals surface area contributed by atoms with E-state index in [1.807, 2.05) is 0 Å². The second-order valence-corrected chi connectivity index (χ2v) is 6.65. The lowest BCUT2D eigenvalue weighted by Gasteiger charge is -2.26. The number of halogens is 1. The van der Waals surface area contributed by atoms with Crippen LogP contribution in [0, 0.1) is 11.8 Å². The van der Waals surface area contributed by atoms with E-state index in [1.165, 1.54) is 42.1 Å². The van der Waals surface area contributed by atoms with Gasteiger partial charge in [-0.15, -0.1) is 0 Å². The summed E-state index contributed by atoms with van der Waals surface area (Å²) in [5, 5.41) is 3.57. The second-order valence-electron chi connectivity index (χ2n) is 5.73. The summed E-state index contributed by atoms with van der Waals surface area (Å²) in [4.78, 5) is 0. The molecule has 0 aromatic heterocycles. The van der Waals surface area contributed by atoms with Gasteiger partial charge in [0.1, 0.15) is 0 Å². The minimum Gasteiger partial charge on any atom is -0.313 e. The van der Waals surface area contributed by atoms with Gasteiger partial charge in [-0.1, -0.05) is 54.2 Å². The Kier molecular flexibility index (Phi) is 5.71. The minimum atomic E-state index is 0.953. The Hall–Kier alpha value is -0.340. The normalized spacial score (nSPS) is 24.1. The van der Waals surface area contributed by atoms with Crippen LogP contribution in [0.2, 0.25) is 0 Å². The molecule has 0 aliphatic heterocycles. The number of hydrogen-bond acceptors (Lipinski definition) is 1. The van der Waals surface area contributed by atoms with Gasteiger partial charge in [-0.05, 0) is 48.9 Å². The number of nitrogens with one attached hydrogen (secondary N) is 1. The van der Waals surface area contributed by atoms with Gasteiger partial charge in [-0.2, -0.15) is 0 Å². The van der Waals surface area contributed by atoms with Crippen molar-refractivity contribution in [2.75, 3.05) is 6.54 Å². The van der Waals surface area contributed by atoms with E-state index < -0.39 is 0 Å². The van der Waals surface area contributed by atoms with E-state index in [9.17, 15) is 0 Å². The average molecular weight is 310 g/mol. The Balaban J connectivity index is 1.64. The van der Waals surface area contributed by atoms with Crippen molar-refractivity contribution < 1.29 is 0 Å². The summed E-state index contributed by atoms with van der Waals surface area (Å²) in [5.74, 6) is 1.91. The van der Waals surface area contributed by atoms with Gasteiger partial charge in [-0.3, -0.25) is 0 Å². The number of benzene rings is 1. The smallest absolute Gasteiger partial charge is 0.0205 e. The van der Waals surface area contributed by atoms with Crippen molar-refractivity contribution in [2.24, 2.45) is 11.8 Å². The Morgan fingerprint density at radius 3 is 3.00 bits per heavy atom. The van der Waals surface area contributed by atoms with Gasteiger partial charge in [0.25, 0.3) is 0 Å². The maximum atomic E-state index is 3.57. The van der Waals surface area contributed by atoms with Gasteiger partial charge < -0.3 is 5.32 Å². The van der Waals surface area contributed by atoms with Crippen LogP contribution >= 0.6 is 15.9 Å². The lowest BCUT2D eigenvalue weighted by molar-refractivity contribution is 0.267. The van der Waals surface area contributed by atoms with Crippen LogP contribution in [0.1, 0.15) is 44.6 Å². The predicted octanol–water partition coefficient (Wildman–Crippen LogP) is 4.76. The molecule has 2 unspecified atom stereocenters. The number of rotatable bonds is 5. The fraction of sp³-hybridized carbons (Fsp3) is 0.625. The first-order valence-electron chi connectivity index (χ1n) is 7.19. The molecule has 1 saturated carbocycles. The van der Waals surface area contributed by atoms with Gasteiger partial charge in [0, 0.05) is 11.0 Å². The van der Waals surface area contributed by atoms with Crippen LogP contribution in [-0.2, 0) is 6.54 Å². The van der Waals surface area contributed by atoms with Crippen molar-refractivity contribution in [3.05, 3.63) is 34.3 Å². The maximum Gasteiger partial charge on any atom is 0.0205 e. The Morgan fingerprint density at radius 2 is 2.22 bits per heavy atom. The van der Waals surface area contributed by atoms with Crippen LogP contribution in [0.4, 0.5) is 0 Å². The molecule has 0 amide bonds. The first-order chi connectivity index (χ1) is 8.74. The molecule has 2 rings (SSSR count). The molecule has 0 heterocycles. The topological polar surface area (TPSA) is 12.0 Å². The molecule has 18 heavy (non-hydrogen) atoms. The zero-order chi connectivity index (χ0) is 12.8. The van der Waals surface area contributed by atoms with E-state index in [0.29, 0.717) is 0 Å². The Bertz CT molecular complexity index is 364. The fourth-order valence-corrected chi connectivity index (χ4v) is 3.45. The highest BCUT2D eigenvalue weighted by molar-refractivity contribution is 9.10. The molecule has 2 heteroatoms. The van der Waals surface area contributed by atoms with Gasteiger partial charge in [-0.25, -0.2) is 0 Å². The van der Waals surface area contributed by atoms with Crippen molar-refractivity contribution in [3.63, 3.8) is 0 Å². The van der Waals surface area contributed by atoms with E-state index >= 15 is 0 Å². The molecule has 0 saturated heterocycles. The van der Waals surface area contributed by atoms with Crippen molar-refractivity contribution >= 4 is 15.9 Å². The molecule has 1 N–H and O–H groups in total. The molecule has 1 aromatic rings. The lowest BCUT2D eigenvalue weighted by Crippen LogP contribution is -2.21. The molecule has 100 valence electrons. The van der Waals surface area contributed by atoms with E-state index in [4.69, 9.17) is 0 Å². The quantitative estimate of drug-likeness (QED) is 0.774. The SMILES string of the molecule is CC1CCCC(CCNCc2cccc(Br)c2)C1.